The van der Waals surface area contributed by atoms with Gasteiger partial charge >= 0.3 is 0 Å². The molecule has 2 heterocycles. The van der Waals surface area contributed by atoms with Crippen LogP contribution in [0.2, 0.25) is 0 Å². The highest BCUT2D eigenvalue weighted by Crippen LogP contribution is 2.08. The molecule has 0 aliphatic carbocycles. The summed E-state index contributed by atoms with van der Waals surface area (Å²) in [6.07, 6.45) is 3.87. The molecule has 0 aliphatic rings. The van der Waals surface area contributed by atoms with E-state index < -0.39 is 0 Å². The normalized spacial score (nSPS) is 10.6. The van der Waals surface area contributed by atoms with Crippen molar-refractivity contribution in [2.45, 2.75) is 6.92 Å². The minimum Gasteiger partial charge on any atom is -0.399 e. The van der Waals surface area contributed by atoms with Gasteiger partial charge in [0.1, 0.15) is 5.65 Å². The highest BCUT2D eigenvalue weighted by molar-refractivity contribution is 5.51. The molecule has 0 fully saturated rings. The number of pyridine rings is 1. The minimum atomic E-state index is 0.753. The van der Waals surface area contributed by atoms with Gasteiger partial charge in [0.2, 0.25) is 0 Å². The summed E-state index contributed by atoms with van der Waals surface area (Å²) in [6.45, 7) is 1.96. The molecule has 0 radical (unpaired) electrons. The fourth-order valence-electron chi connectivity index (χ4n) is 1.12. The molecule has 0 saturated carbocycles. The molecule has 2 aromatic heterocycles. The standard InChI is InChI=1S/C8H9N3/c1-6-5-11-3-2-7(9)4-8(11)10-6/h2-5H,9H2,1H3. The van der Waals surface area contributed by atoms with Gasteiger partial charge in [-0.05, 0) is 13.0 Å². The van der Waals surface area contributed by atoms with Crippen molar-refractivity contribution in [3.63, 3.8) is 0 Å². The molecular formula is C8H9N3. The second-order valence-corrected chi connectivity index (χ2v) is 2.61. The van der Waals surface area contributed by atoms with E-state index in [4.69, 9.17) is 5.73 Å². The predicted molar refractivity (Wildman–Crippen MR) is 44.3 cm³/mol. The van der Waals surface area contributed by atoms with Gasteiger partial charge in [0.05, 0.1) is 5.69 Å². The Morgan fingerprint density at radius 2 is 2.36 bits per heavy atom. The number of hydrogen-bond acceptors (Lipinski definition) is 2. The summed E-state index contributed by atoms with van der Waals surface area (Å²) in [5.41, 5.74) is 8.25. The molecule has 0 bridgehead atoms. The molecule has 0 aliphatic heterocycles. The molecule has 11 heavy (non-hydrogen) atoms. The molecule has 0 amide bonds. The highest BCUT2D eigenvalue weighted by atomic mass is 15.0. The lowest BCUT2D eigenvalue weighted by atomic mass is 10.4. The summed E-state index contributed by atoms with van der Waals surface area (Å²) in [6, 6.07) is 3.71. The number of hydrogen-bond donors (Lipinski definition) is 1. The van der Waals surface area contributed by atoms with Gasteiger partial charge in [-0.3, -0.25) is 0 Å². The van der Waals surface area contributed by atoms with Crippen molar-refractivity contribution in [3.8, 4) is 0 Å². The lowest BCUT2D eigenvalue weighted by molar-refractivity contribution is 1.19. The molecule has 3 nitrogen and oxygen atoms in total. The van der Waals surface area contributed by atoms with Crippen molar-refractivity contribution in [1.29, 1.82) is 0 Å². The van der Waals surface area contributed by atoms with Gasteiger partial charge < -0.3 is 10.1 Å². The van der Waals surface area contributed by atoms with Gasteiger partial charge in [-0.2, -0.15) is 0 Å². The Hall–Kier alpha value is -1.51. The first-order valence-electron chi connectivity index (χ1n) is 3.46. The van der Waals surface area contributed by atoms with E-state index in [0.717, 1.165) is 17.0 Å². The van der Waals surface area contributed by atoms with Gasteiger partial charge in [0, 0.05) is 24.1 Å². The zero-order chi connectivity index (χ0) is 7.84. The second-order valence-electron chi connectivity index (χ2n) is 2.61. The Morgan fingerprint density at radius 3 is 3.18 bits per heavy atom. The Balaban J connectivity index is 2.82. The van der Waals surface area contributed by atoms with E-state index in [2.05, 4.69) is 4.98 Å². The van der Waals surface area contributed by atoms with Crippen LogP contribution in [-0.2, 0) is 0 Å². The van der Waals surface area contributed by atoms with Crippen molar-refractivity contribution < 1.29 is 0 Å². The summed E-state index contributed by atoms with van der Waals surface area (Å²) in [5, 5.41) is 0. The van der Waals surface area contributed by atoms with Crippen molar-refractivity contribution in [2.75, 3.05) is 5.73 Å². The number of anilines is 1. The lowest BCUT2D eigenvalue weighted by Gasteiger charge is -1.92. The van der Waals surface area contributed by atoms with E-state index in [9.17, 15) is 0 Å². The molecule has 0 aromatic carbocycles. The number of aromatic nitrogens is 2. The van der Waals surface area contributed by atoms with Gasteiger partial charge in [0.15, 0.2) is 0 Å². The van der Waals surface area contributed by atoms with Crippen molar-refractivity contribution in [1.82, 2.24) is 9.38 Å². The van der Waals surface area contributed by atoms with Gasteiger partial charge in [-0.25, -0.2) is 4.98 Å². The van der Waals surface area contributed by atoms with Crippen LogP contribution in [0, 0.1) is 6.92 Å². The zero-order valence-corrected chi connectivity index (χ0v) is 6.28. The van der Waals surface area contributed by atoms with E-state index in [1.807, 2.05) is 35.9 Å². The molecule has 0 saturated heterocycles. The molecule has 3 heteroatoms. The molecule has 0 unspecified atom stereocenters. The van der Waals surface area contributed by atoms with E-state index in [1.54, 1.807) is 0 Å². The van der Waals surface area contributed by atoms with Gasteiger partial charge in [-0.15, -0.1) is 0 Å². The minimum absolute atomic E-state index is 0.753. The number of fused-ring (bicyclic) bond motifs is 1. The number of aryl methyl sites for hydroxylation is 1. The van der Waals surface area contributed by atoms with Crippen LogP contribution in [0.4, 0.5) is 5.69 Å². The molecular weight excluding hydrogens is 138 g/mol. The Bertz CT molecular complexity index is 389. The van der Waals surface area contributed by atoms with Gasteiger partial charge in [0.25, 0.3) is 0 Å². The largest absolute Gasteiger partial charge is 0.399 e. The maximum atomic E-state index is 5.58. The molecule has 2 aromatic rings. The second kappa shape index (κ2) is 1.99. The van der Waals surface area contributed by atoms with Crippen LogP contribution in [0.3, 0.4) is 0 Å². The number of nitrogens with two attached hydrogens (primary N) is 1. The van der Waals surface area contributed by atoms with E-state index in [1.165, 1.54) is 0 Å². The van der Waals surface area contributed by atoms with Crippen LogP contribution in [0.15, 0.2) is 24.5 Å². The molecule has 0 spiro atoms. The molecule has 0 atom stereocenters. The first kappa shape index (κ1) is 6.22. The molecule has 2 rings (SSSR count). The SMILES string of the molecule is Cc1cn2ccc(N)cc2n1. The van der Waals surface area contributed by atoms with Crippen LogP contribution >= 0.6 is 0 Å². The average molecular weight is 147 g/mol. The average Bonchev–Trinajstić information content (AvgIpc) is 2.27. The first-order chi connectivity index (χ1) is 5.25. The van der Waals surface area contributed by atoms with Crippen LogP contribution < -0.4 is 5.73 Å². The third-order valence-electron chi connectivity index (χ3n) is 1.60. The summed E-state index contributed by atoms with van der Waals surface area (Å²) in [7, 11) is 0. The smallest absolute Gasteiger partial charge is 0.139 e. The topological polar surface area (TPSA) is 43.3 Å². The van der Waals surface area contributed by atoms with E-state index in [-0.39, 0.29) is 0 Å². The maximum Gasteiger partial charge on any atom is 0.139 e. The van der Waals surface area contributed by atoms with Crippen LogP contribution in [0.1, 0.15) is 5.69 Å². The summed E-state index contributed by atoms with van der Waals surface area (Å²) in [4.78, 5) is 4.26. The first-order valence-corrected chi connectivity index (χ1v) is 3.46. The third kappa shape index (κ3) is 0.941. The summed E-state index contributed by atoms with van der Waals surface area (Å²) >= 11 is 0. The third-order valence-corrected chi connectivity index (χ3v) is 1.60. The molecule has 56 valence electrons. The molecule has 2 N–H and O–H groups in total. The zero-order valence-electron chi connectivity index (χ0n) is 6.28. The monoisotopic (exact) mass is 147 g/mol. The van der Waals surface area contributed by atoms with Crippen molar-refractivity contribution in [2.24, 2.45) is 0 Å². The fraction of sp³-hybridized carbons (Fsp3) is 0.125. The lowest BCUT2D eigenvalue weighted by Crippen LogP contribution is -1.87. The van der Waals surface area contributed by atoms with Crippen molar-refractivity contribution in [3.05, 3.63) is 30.2 Å². The van der Waals surface area contributed by atoms with Crippen LogP contribution in [0.5, 0.6) is 0 Å². The van der Waals surface area contributed by atoms with Crippen molar-refractivity contribution >= 4 is 11.3 Å². The number of rotatable bonds is 0. The Kier molecular flexibility index (Phi) is 1.12. The number of nitrogens with zero attached hydrogens (tertiary/aromatic N) is 2. The fourth-order valence-corrected chi connectivity index (χ4v) is 1.12. The highest BCUT2D eigenvalue weighted by Gasteiger charge is 1.95. The van der Waals surface area contributed by atoms with Crippen LogP contribution in [-0.4, -0.2) is 9.38 Å². The summed E-state index contributed by atoms with van der Waals surface area (Å²) < 4.78 is 1.95. The van der Waals surface area contributed by atoms with Crippen LogP contribution in [0.25, 0.3) is 5.65 Å². The van der Waals surface area contributed by atoms with E-state index in [0.29, 0.717) is 0 Å². The predicted octanol–water partition coefficient (Wildman–Crippen LogP) is 1.22. The quantitative estimate of drug-likeness (QED) is 0.609. The summed E-state index contributed by atoms with van der Waals surface area (Å²) in [5.74, 6) is 0. The Labute approximate surface area is 64.5 Å². The maximum absolute atomic E-state index is 5.58. The number of imidazole rings is 1. The van der Waals surface area contributed by atoms with E-state index >= 15 is 0 Å². The number of nitrogen functional groups attached to an aromatic ring is 1. The van der Waals surface area contributed by atoms with Gasteiger partial charge in [-0.1, -0.05) is 0 Å². The Morgan fingerprint density at radius 1 is 1.55 bits per heavy atom.